The van der Waals surface area contributed by atoms with Gasteiger partial charge in [-0.1, -0.05) is 30.3 Å². The van der Waals surface area contributed by atoms with Gasteiger partial charge in [-0.05, 0) is 29.8 Å². The molecule has 3 rings (SSSR count). The molecule has 2 aromatic rings. The number of amides is 2. The van der Waals surface area contributed by atoms with E-state index in [1.165, 1.54) is 24.3 Å². The lowest BCUT2D eigenvalue weighted by molar-refractivity contribution is -0.120. The summed E-state index contributed by atoms with van der Waals surface area (Å²) < 4.78 is 13.2. The van der Waals surface area contributed by atoms with Gasteiger partial charge in [-0.15, -0.1) is 0 Å². The van der Waals surface area contributed by atoms with Crippen LogP contribution < -0.4 is 4.90 Å². The van der Waals surface area contributed by atoms with Crippen LogP contribution in [0.2, 0.25) is 0 Å². The molecular formula is C19H17FN2O3. The van der Waals surface area contributed by atoms with E-state index in [0.717, 1.165) is 4.90 Å². The van der Waals surface area contributed by atoms with Crippen LogP contribution in [0.1, 0.15) is 5.56 Å². The van der Waals surface area contributed by atoms with E-state index < -0.39 is 17.6 Å². The van der Waals surface area contributed by atoms with E-state index in [-0.39, 0.29) is 24.4 Å². The molecule has 5 nitrogen and oxygen atoms in total. The molecule has 6 heteroatoms. The van der Waals surface area contributed by atoms with Crippen molar-refractivity contribution in [1.29, 1.82) is 0 Å². The molecule has 0 atom stereocenters. The van der Waals surface area contributed by atoms with Gasteiger partial charge < -0.3 is 10.0 Å². The Morgan fingerprint density at radius 1 is 1.00 bits per heavy atom. The SMILES string of the molecule is CN(CCO)C1=C(c2ccccc2)C(=O)N(c2ccc(F)cc2)C1=O. The quantitative estimate of drug-likeness (QED) is 0.846. The van der Waals surface area contributed by atoms with E-state index in [9.17, 15) is 19.1 Å². The fraction of sp³-hybridized carbons (Fsp3) is 0.158. The van der Waals surface area contributed by atoms with Crippen LogP contribution in [0.4, 0.5) is 10.1 Å². The van der Waals surface area contributed by atoms with E-state index in [0.29, 0.717) is 11.3 Å². The highest BCUT2D eigenvalue weighted by Gasteiger charge is 2.41. The topological polar surface area (TPSA) is 60.9 Å². The lowest BCUT2D eigenvalue weighted by atomic mass is 10.0. The van der Waals surface area contributed by atoms with Crippen molar-refractivity contribution in [2.45, 2.75) is 0 Å². The van der Waals surface area contributed by atoms with Crippen LogP contribution in [0, 0.1) is 5.82 Å². The van der Waals surface area contributed by atoms with Crippen molar-refractivity contribution >= 4 is 23.1 Å². The fourth-order valence-electron chi connectivity index (χ4n) is 2.82. The standard InChI is InChI=1S/C19H17FN2O3/c1-21(11-12-23)17-16(13-5-3-2-4-6-13)18(24)22(19(17)25)15-9-7-14(20)8-10-15/h2-10,23H,11-12H2,1H3. The maximum atomic E-state index is 13.2. The van der Waals surface area contributed by atoms with Gasteiger partial charge in [-0.3, -0.25) is 9.59 Å². The Balaban J connectivity index is 2.11. The fourth-order valence-corrected chi connectivity index (χ4v) is 2.82. The number of rotatable bonds is 5. The minimum Gasteiger partial charge on any atom is -0.395 e. The second-order valence-electron chi connectivity index (χ2n) is 5.66. The monoisotopic (exact) mass is 340 g/mol. The first-order chi connectivity index (χ1) is 12.0. The average Bonchev–Trinajstić information content (AvgIpc) is 2.87. The summed E-state index contributed by atoms with van der Waals surface area (Å²) in [5, 5.41) is 9.20. The number of hydrogen-bond donors (Lipinski definition) is 1. The third-order valence-corrected chi connectivity index (χ3v) is 4.02. The average molecular weight is 340 g/mol. The molecule has 0 spiro atoms. The van der Waals surface area contributed by atoms with Crippen molar-refractivity contribution in [1.82, 2.24) is 4.90 Å². The molecule has 25 heavy (non-hydrogen) atoms. The van der Waals surface area contributed by atoms with Gasteiger partial charge >= 0.3 is 0 Å². The Hall–Kier alpha value is -2.99. The smallest absolute Gasteiger partial charge is 0.282 e. The van der Waals surface area contributed by atoms with Gasteiger partial charge in [0.15, 0.2) is 0 Å². The molecule has 0 fully saturated rings. The molecule has 1 aliphatic rings. The Kier molecular flexibility index (Phi) is 4.63. The van der Waals surface area contributed by atoms with Gasteiger partial charge in [-0.25, -0.2) is 9.29 Å². The number of aliphatic hydroxyl groups excluding tert-OH is 1. The van der Waals surface area contributed by atoms with Gasteiger partial charge in [0, 0.05) is 13.6 Å². The van der Waals surface area contributed by atoms with E-state index in [4.69, 9.17) is 0 Å². The van der Waals surface area contributed by atoms with E-state index in [2.05, 4.69) is 0 Å². The number of carbonyl (C=O) groups is 2. The molecule has 0 bridgehead atoms. The second kappa shape index (κ2) is 6.86. The highest BCUT2D eigenvalue weighted by atomic mass is 19.1. The normalized spacial score (nSPS) is 14.4. The first-order valence-corrected chi connectivity index (χ1v) is 7.80. The molecule has 2 amide bonds. The molecular weight excluding hydrogens is 323 g/mol. The van der Waals surface area contributed by atoms with Crippen LogP contribution in [-0.4, -0.2) is 42.0 Å². The largest absolute Gasteiger partial charge is 0.395 e. The number of halogens is 1. The van der Waals surface area contributed by atoms with Crippen molar-refractivity contribution in [2.75, 3.05) is 25.1 Å². The van der Waals surface area contributed by atoms with Crippen molar-refractivity contribution in [2.24, 2.45) is 0 Å². The lowest BCUT2D eigenvalue weighted by Gasteiger charge is -2.20. The first-order valence-electron chi connectivity index (χ1n) is 7.80. The molecule has 1 N–H and O–H groups in total. The molecule has 2 aromatic carbocycles. The van der Waals surface area contributed by atoms with Crippen LogP contribution in [0.15, 0.2) is 60.3 Å². The molecule has 1 heterocycles. The predicted molar refractivity (Wildman–Crippen MR) is 92.0 cm³/mol. The number of nitrogens with zero attached hydrogens (tertiary/aromatic N) is 2. The minimum absolute atomic E-state index is 0.153. The number of likely N-dealkylation sites (N-methyl/N-ethyl adjacent to an activating group) is 1. The van der Waals surface area contributed by atoms with Gasteiger partial charge in [-0.2, -0.15) is 0 Å². The van der Waals surface area contributed by atoms with Crippen molar-refractivity contribution in [3.8, 4) is 0 Å². The van der Waals surface area contributed by atoms with Crippen LogP contribution in [0.3, 0.4) is 0 Å². The maximum absolute atomic E-state index is 13.2. The van der Waals surface area contributed by atoms with Gasteiger partial charge in [0.25, 0.3) is 11.8 Å². The molecule has 1 aliphatic heterocycles. The van der Waals surface area contributed by atoms with Crippen molar-refractivity contribution in [3.05, 3.63) is 71.7 Å². The summed E-state index contributed by atoms with van der Waals surface area (Å²) in [5.41, 5.74) is 1.41. The Morgan fingerprint density at radius 3 is 2.24 bits per heavy atom. The van der Waals surface area contributed by atoms with Crippen molar-refractivity contribution < 1.29 is 19.1 Å². The molecule has 0 saturated heterocycles. The number of anilines is 1. The van der Waals surface area contributed by atoms with Gasteiger partial charge in [0.1, 0.15) is 11.5 Å². The molecule has 0 aromatic heterocycles. The molecule has 0 saturated carbocycles. The van der Waals surface area contributed by atoms with Gasteiger partial charge in [0.05, 0.1) is 17.9 Å². The predicted octanol–water partition coefficient (Wildman–Crippen LogP) is 2.03. The van der Waals surface area contributed by atoms with E-state index in [1.807, 2.05) is 6.07 Å². The van der Waals surface area contributed by atoms with Crippen LogP contribution >= 0.6 is 0 Å². The van der Waals surface area contributed by atoms with Crippen molar-refractivity contribution in [3.63, 3.8) is 0 Å². The Labute approximate surface area is 144 Å². The molecule has 0 radical (unpaired) electrons. The zero-order valence-electron chi connectivity index (χ0n) is 13.6. The van der Waals surface area contributed by atoms with Crippen LogP contribution in [-0.2, 0) is 9.59 Å². The lowest BCUT2D eigenvalue weighted by Crippen LogP contribution is -2.34. The van der Waals surface area contributed by atoms with Crippen LogP contribution in [0.5, 0.6) is 0 Å². The number of carbonyl (C=O) groups excluding carboxylic acids is 2. The molecule has 128 valence electrons. The Morgan fingerprint density at radius 2 is 1.64 bits per heavy atom. The number of imide groups is 1. The zero-order valence-corrected chi connectivity index (χ0v) is 13.6. The summed E-state index contributed by atoms with van der Waals surface area (Å²) in [6, 6.07) is 14.1. The molecule has 0 aliphatic carbocycles. The summed E-state index contributed by atoms with van der Waals surface area (Å²) in [6.45, 7) is 0.0576. The zero-order chi connectivity index (χ0) is 18.0. The van der Waals surface area contributed by atoms with E-state index >= 15 is 0 Å². The highest BCUT2D eigenvalue weighted by molar-refractivity contribution is 6.45. The minimum atomic E-state index is -0.494. The van der Waals surface area contributed by atoms with Crippen LogP contribution in [0.25, 0.3) is 5.57 Å². The summed E-state index contributed by atoms with van der Waals surface area (Å²) in [6.07, 6.45) is 0. The Bertz CT molecular complexity index is 832. The summed E-state index contributed by atoms with van der Waals surface area (Å²) >= 11 is 0. The molecule has 0 unspecified atom stereocenters. The number of hydrogen-bond acceptors (Lipinski definition) is 4. The second-order valence-corrected chi connectivity index (χ2v) is 5.66. The maximum Gasteiger partial charge on any atom is 0.282 e. The third kappa shape index (κ3) is 3.04. The number of benzene rings is 2. The summed E-state index contributed by atoms with van der Waals surface area (Å²) in [7, 11) is 1.65. The third-order valence-electron chi connectivity index (χ3n) is 4.02. The summed E-state index contributed by atoms with van der Waals surface area (Å²) in [5.74, 6) is -1.41. The highest BCUT2D eigenvalue weighted by Crippen LogP contribution is 2.34. The first kappa shape index (κ1) is 16.9. The van der Waals surface area contributed by atoms with E-state index in [1.54, 1.807) is 36.2 Å². The number of aliphatic hydroxyl groups is 1. The summed E-state index contributed by atoms with van der Waals surface area (Å²) in [4.78, 5) is 28.5. The van der Waals surface area contributed by atoms with Gasteiger partial charge in [0.2, 0.25) is 0 Å².